The number of thioether (sulfide) groups is 1. The Hall–Kier alpha value is -2.48. The minimum absolute atomic E-state index is 0.301. The van der Waals surface area contributed by atoms with Crippen LogP contribution >= 0.6 is 11.8 Å². The Labute approximate surface area is 141 Å². The third-order valence-corrected chi connectivity index (χ3v) is 4.51. The van der Waals surface area contributed by atoms with E-state index in [1.54, 1.807) is 13.2 Å². The van der Waals surface area contributed by atoms with Gasteiger partial charge in [-0.25, -0.2) is 8.78 Å². The molecule has 0 N–H and O–H groups in total. The highest BCUT2D eigenvalue weighted by atomic mass is 32.2. The van der Waals surface area contributed by atoms with Crippen LogP contribution in [-0.2, 0) is 0 Å². The first kappa shape index (κ1) is 16.4. The Morgan fingerprint density at radius 1 is 1.17 bits per heavy atom. The highest BCUT2D eigenvalue weighted by molar-refractivity contribution is 7.99. The van der Waals surface area contributed by atoms with Crippen LogP contribution in [0.25, 0.3) is 5.69 Å². The van der Waals surface area contributed by atoms with Crippen molar-refractivity contribution in [3.63, 3.8) is 0 Å². The van der Waals surface area contributed by atoms with Gasteiger partial charge in [0.25, 0.3) is 0 Å². The smallest absolute Gasteiger partial charge is 0.214 e. The van der Waals surface area contributed by atoms with Crippen molar-refractivity contribution < 1.29 is 13.5 Å². The summed E-state index contributed by atoms with van der Waals surface area (Å²) >= 11 is 1.27. The second-order valence-electron chi connectivity index (χ2n) is 4.97. The number of ether oxygens (including phenoxy) is 1. The minimum Gasteiger partial charge on any atom is -0.494 e. The summed E-state index contributed by atoms with van der Waals surface area (Å²) in [7, 11) is 1.56. The average molecular weight is 348 g/mol. The van der Waals surface area contributed by atoms with E-state index in [0.717, 1.165) is 6.07 Å². The van der Waals surface area contributed by atoms with Crippen LogP contribution in [0.2, 0.25) is 0 Å². The van der Waals surface area contributed by atoms with Crippen LogP contribution in [0.5, 0.6) is 5.75 Å². The van der Waals surface area contributed by atoms with Crippen molar-refractivity contribution in [2.45, 2.75) is 17.3 Å². The van der Waals surface area contributed by atoms with E-state index >= 15 is 0 Å². The zero-order valence-electron chi connectivity index (χ0n) is 13.0. The molecule has 124 valence electrons. The normalized spacial score (nSPS) is 12.2. The Morgan fingerprint density at radius 2 is 1.96 bits per heavy atom. The number of para-hydroxylation sites is 2. The van der Waals surface area contributed by atoms with Crippen molar-refractivity contribution in [2.75, 3.05) is 7.11 Å². The molecule has 24 heavy (non-hydrogen) atoms. The topological polar surface area (TPSA) is 52.8 Å². The molecule has 0 saturated carbocycles. The number of halogens is 2. The van der Waals surface area contributed by atoms with Crippen LogP contribution in [0.15, 0.2) is 47.6 Å². The van der Waals surface area contributed by atoms with E-state index in [9.17, 15) is 8.78 Å². The quantitative estimate of drug-likeness (QED) is 0.657. The largest absolute Gasteiger partial charge is 0.494 e. The third-order valence-electron chi connectivity index (χ3n) is 3.44. The van der Waals surface area contributed by atoms with Gasteiger partial charge < -0.3 is 4.74 Å². The van der Waals surface area contributed by atoms with Crippen molar-refractivity contribution in [2.24, 2.45) is 0 Å². The van der Waals surface area contributed by atoms with Gasteiger partial charge in [0.1, 0.15) is 23.1 Å². The fraction of sp³-hybridized carbons (Fsp3) is 0.188. The SMILES string of the molecule is COc1ccccc1-n1nnnc1SC(C)c1ccc(F)cc1F. The predicted octanol–water partition coefficient (Wildman–Crippen LogP) is 3.80. The molecule has 0 bridgehead atoms. The first-order valence-corrected chi connectivity index (χ1v) is 8.01. The first-order chi connectivity index (χ1) is 11.6. The van der Waals surface area contributed by atoms with Gasteiger partial charge in [0.15, 0.2) is 0 Å². The number of methoxy groups -OCH3 is 1. The molecule has 5 nitrogen and oxygen atoms in total. The third kappa shape index (κ3) is 3.23. The molecule has 3 rings (SSSR count). The molecule has 1 atom stereocenters. The van der Waals surface area contributed by atoms with Crippen molar-refractivity contribution in [3.8, 4) is 11.4 Å². The second-order valence-corrected chi connectivity index (χ2v) is 6.28. The highest BCUT2D eigenvalue weighted by Crippen LogP contribution is 2.36. The molecule has 0 fully saturated rings. The van der Waals surface area contributed by atoms with Gasteiger partial charge in [-0.15, -0.1) is 5.10 Å². The van der Waals surface area contributed by atoms with E-state index < -0.39 is 11.6 Å². The van der Waals surface area contributed by atoms with Crippen molar-refractivity contribution in [3.05, 3.63) is 59.7 Å². The molecule has 0 amide bonds. The van der Waals surface area contributed by atoms with Crippen LogP contribution in [0.3, 0.4) is 0 Å². The highest BCUT2D eigenvalue weighted by Gasteiger charge is 2.19. The van der Waals surface area contributed by atoms with E-state index in [1.165, 1.54) is 28.6 Å². The molecule has 2 aromatic carbocycles. The lowest BCUT2D eigenvalue weighted by Crippen LogP contribution is -2.03. The Kier molecular flexibility index (Phi) is 4.75. The number of benzene rings is 2. The molecule has 0 saturated heterocycles. The van der Waals surface area contributed by atoms with Crippen LogP contribution in [0.4, 0.5) is 8.78 Å². The number of hydrogen-bond acceptors (Lipinski definition) is 5. The minimum atomic E-state index is -0.604. The summed E-state index contributed by atoms with van der Waals surface area (Å²) in [5.74, 6) is -0.578. The van der Waals surface area contributed by atoms with Gasteiger partial charge in [0.2, 0.25) is 5.16 Å². The number of nitrogens with zero attached hydrogens (tertiary/aromatic N) is 4. The summed E-state index contributed by atoms with van der Waals surface area (Å²) in [6.45, 7) is 1.81. The van der Waals surface area contributed by atoms with Crippen molar-refractivity contribution in [1.82, 2.24) is 20.2 Å². The fourth-order valence-electron chi connectivity index (χ4n) is 2.26. The molecule has 8 heteroatoms. The van der Waals surface area contributed by atoms with Gasteiger partial charge in [-0.2, -0.15) is 4.68 Å². The van der Waals surface area contributed by atoms with Crippen LogP contribution in [0.1, 0.15) is 17.7 Å². The Bertz CT molecular complexity index is 856. The molecular formula is C16H14F2N4OS. The van der Waals surface area contributed by atoms with Crippen molar-refractivity contribution in [1.29, 1.82) is 0 Å². The standard InChI is InChI=1S/C16H14F2N4OS/c1-10(12-8-7-11(17)9-13(12)18)24-16-19-20-21-22(16)14-5-3-4-6-15(14)23-2/h3-10H,1-2H3. The van der Waals surface area contributed by atoms with Crippen LogP contribution in [-0.4, -0.2) is 27.3 Å². The molecule has 0 aliphatic carbocycles. The summed E-state index contributed by atoms with van der Waals surface area (Å²) in [5.41, 5.74) is 1.07. The molecule has 3 aromatic rings. The van der Waals surface area contributed by atoms with E-state index in [2.05, 4.69) is 15.5 Å². The maximum atomic E-state index is 13.9. The van der Waals surface area contributed by atoms with E-state index in [-0.39, 0.29) is 5.25 Å². The van der Waals surface area contributed by atoms with Crippen LogP contribution < -0.4 is 4.74 Å². The van der Waals surface area contributed by atoms with Gasteiger partial charge in [-0.3, -0.25) is 0 Å². The number of aromatic nitrogens is 4. The number of rotatable bonds is 5. The fourth-order valence-corrected chi connectivity index (χ4v) is 3.21. The lowest BCUT2D eigenvalue weighted by Gasteiger charge is -2.13. The lowest BCUT2D eigenvalue weighted by atomic mass is 10.1. The number of tetrazole rings is 1. The van der Waals surface area contributed by atoms with Crippen molar-refractivity contribution >= 4 is 11.8 Å². The summed E-state index contributed by atoms with van der Waals surface area (Å²) in [4.78, 5) is 0. The molecule has 1 heterocycles. The van der Waals surface area contributed by atoms with Gasteiger partial charge in [0, 0.05) is 16.9 Å². The molecule has 1 aromatic heterocycles. The lowest BCUT2D eigenvalue weighted by molar-refractivity contribution is 0.410. The summed E-state index contributed by atoms with van der Waals surface area (Å²) < 4.78 is 33.8. The molecule has 1 unspecified atom stereocenters. The van der Waals surface area contributed by atoms with E-state index in [0.29, 0.717) is 22.2 Å². The number of hydrogen-bond donors (Lipinski definition) is 0. The second kappa shape index (κ2) is 6.96. The van der Waals surface area contributed by atoms with Crippen LogP contribution in [0, 0.1) is 11.6 Å². The Balaban J connectivity index is 1.91. The van der Waals surface area contributed by atoms with Gasteiger partial charge in [-0.05, 0) is 35.5 Å². The van der Waals surface area contributed by atoms with Gasteiger partial charge in [-0.1, -0.05) is 30.0 Å². The van der Waals surface area contributed by atoms with Gasteiger partial charge in [0.05, 0.1) is 7.11 Å². The Morgan fingerprint density at radius 3 is 2.71 bits per heavy atom. The van der Waals surface area contributed by atoms with E-state index in [4.69, 9.17) is 4.74 Å². The summed E-state index contributed by atoms with van der Waals surface area (Å²) in [6.07, 6.45) is 0. The van der Waals surface area contributed by atoms with E-state index in [1.807, 2.05) is 25.1 Å². The zero-order chi connectivity index (χ0) is 17.1. The first-order valence-electron chi connectivity index (χ1n) is 7.13. The zero-order valence-corrected chi connectivity index (χ0v) is 13.8. The van der Waals surface area contributed by atoms with Gasteiger partial charge >= 0.3 is 0 Å². The summed E-state index contributed by atoms with van der Waals surface area (Å²) in [6, 6.07) is 10.8. The average Bonchev–Trinajstić information content (AvgIpc) is 3.02. The molecule has 0 aliphatic rings. The molecular weight excluding hydrogens is 334 g/mol. The monoisotopic (exact) mass is 348 g/mol. The molecule has 0 radical (unpaired) electrons. The predicted molar refractivity (Wildman–Crippen MR) is 86.3 cm³/mol. The maximum absolute atomic E-state index is 13.9. The summed E-state index contributed by atoms with van der Waals surface area (Å²) in [5, 5.41) is 11.8. The molecule has 0 spiro atoms. The maximum Gasteiger partial charge on any atom is 0.214 e. The molecule has 0 aliphatic heterocycles.